The molecule has 0 radical (unpaired) electrons. The van der Waals surface area contributed by atoms with E-state index in [0.29, 0.717) is 36.2 Å². The Hall–Kier alpha value is -1.95. The fourth-order valence-corrected chi connectivity index (χ4v) is 2.49. The molecule has 1 unspecified atom stereocenters. The number of nitro benzene ring substituents is 1. The number of carbonyl (C=O) groups excluding carboxylic acids is 1. The molecule has 0 aliphatic heterocycles. The summed E-state index contributed by atoms with van der Waals surface area (Å²) >= 11 is 0. The van der Waals surface area contributed by atoms with E-state index in [4.69, 9.17) is 0 Å². The fraction of sp³-hybridized carbons (Fsp3) is 0.588. The number of amides is 1. The Balaban J connectivity index is 2.67. The molecule has 6 nitrogen and oxygen atoms in total. The van der Waals surface area contributed by atoms with Crippen LogP contribution in [0.4, 0.5) is 11.4 Å². The summed E-state index contributed by atoms with van der Waals surface area (Å²) in [4.78, 5) is 24.9. The van der Waals surface area contributed by atoms with Crippen LogP contribution in [-0.4, -0.2) is 34.9 Å². The number of rotatable bonds is 8. The number of nitrogens with one attached hydrogen (secondary N) is 1. The first-order valence-electron chi connectivity index (χ1n) is 8.05. The van der Waals surface area contributed by atoms with Crippen LogP contribution in [0.3, 0.4) is 0 Å². The van der Waals surface area contributed by atoms with Crippen molar-refractivity contribution >= 4 is 17.3 Å². The first kappa shape index (κ1) is 19.1. The molecule has 128 valence electrons. The Morgan fingerprint density at radius 1 is 1.35 bits per heavy atom. The Morgan fingerprint density at radius 2 is 2.00 bits per heavy atom. The zero-order valence-electron chi connectivity index (χ0n) is 14.6. The van der Waals surface area contributed by atoms with Gasteiger partial charge in [0.05, 0.1) is 16.2 Å². The molecule has 0 saturated heterocycles. The largest absolute Gasteiger partial charge is 0.326 e. The van der Waals surface area contributed by atoms with E-state index >= 15 is 0 Å². The minimum absolute atomic E-state index is 0.0198. The fourth-order valence-electron chi connectivity index (χ4n) is 2.49. The molecule has 1 N–H and O–H groups in total. The highest BCUT2D eigenvalue weighted by Gasteiger charge is 2.18. The van der Waals surface area contributed by atoms with Crippen molar-refractivity contribution < 1.29 is 9.72 Å². The van der Waals surface area contributed by atoms with Crippen molar-refractivity contribution in [3.8, 4) is 0 Å². The normalized spacial score (nSPS) is 12.5. The van der Waals surface area contributed by atoms with Crippen LogP contribution in [0.25, 0.3) is 0 Å². The van der Waals surface area contributed by atoms with Crippen molar-refractivity contribution in [3.05, 3.63) is 33.9 Å². The van der Waals surface area contributed by atoms with Crippen LogP contribution in [0.2, 0.25) is 0 Å². The molecule has 6 heteroatoms. The molecule has 1 amide bonds. The molecule has 0 aliphatic rings. The first-order valence-corrected chi connectivity index (χ1v) is 8.05. The van der Waals surface area contributed by atoms with E-state index in [2.05, 4.69) is 37.9 Å². The summed E-state index contributed by atoms with van der Waals surface area (Å²) in [5, 5.41) is 13.7. The molecule has 23 heavy (non-hydrogen) atoms. The molecule has 1 aromatic rings. The van der Waals surface area contributed by atoms with Gasteiger partial charge in [0.2, 0.25) is 5.91 Å². The number of nitrogens with zero attached hydrogens (tertiary/aromatic N) is 2. The Kier molecular flexibility index (Phi) is 7.16. The third-order valence-electron chi connectivity index (χ3n) is 4.35. The van der Waals surface area contributed by atoms with Gasteiger partial charge in [-0.25, -0.2) is 0 Å². The number of benzene rings is 1. The lowest BCUT2D eigenvalue weighted by Gasteiger charge is -2.30. The summed E-state index contributed by atoms with van der Waals surface area (Å²) < 4.78 is 0. The predicted octanol–water partition coefficient (Wildman–Crippen LogP) is 3.60. The van der Waals surface area contributed by atoms with Gasteiger partial charge in [0.15, 0.2) is 0 Å². The molecule has 0 saturated carbocycles. The van der Waals surface area contributed by atoms with Crippen molar-refractivity contribution in [2.45, 2.75) is 47.1 Å². The minimum atomic E-state index is -0.436. The average Bonchev–Trinajstić information content (AvgIpc) is 2.49. The summed E-state index contributed by atoms with van der Waals surface area (Å²) in [7, 11) is 0. The van der Waals surface area contributed by atoms with E-state index in [1.54, 1.807) is 19.1 Å². The van der Waals surface area contributed by atoms with Crippen molar-refractivity contribution in [1.82, 2.24) is 4.90 Å². The van der Waals surface area contributed by atoms with E-state index in [1.807, 2.05) is 0 Å². The van der Waals surface area contributed by atoms with Crippen LogP contribution < -0.4 is 5.32 Å². The second-order valence-corrected chi connectivity index (χ2v) is 6.12. The highest BCUT2D eigenvalue weighted by molar-refractivity contribution is 5.92. The van der Waals surface area contributed by atoms with Gasteiger partial charge in [-0.15, -0.1) is 0 Å². The maximum absolute atomic E-state index is 12.2. The monoisotopic (exact) mass is 321 g/mol. The van der Waals surface area contributed by atoms with E-state index in [1.165, 1.54) is 6.07 Å². The molecule has 0 aliphatic carbocycles. The van der Waals surface area contributed by atoms with Gasteiger partial charge >= 0.3 is 0 Å². The molecule has 0 bridgehead atoms. The van der Waals surface area contributed by atoms with Crippen molar-refractivity contribution in [2.75, 3.05) is 18.4 Å². The van der Waals surface area contributed by atoms with Gasteiger partial charge in [-0.1, -0.05) is 26.8 Å². The van der Waals surface area contributed by atoms with Crippen LogP contribution in [0.15, 0.2) is 18.2 Å². The van der Waals surface area contributed by atoms with E-state index < -0.39 is 4.92 Å². The van der Waals surface area contributed by atoms with Crippen LogP contribution in [0.5, 0.6) is 0 Å². The molecule has 1 atom stereocenters. The third kappa shape index (κ3) is 5.32. The number of hydrogen-bond donors (Lipinski definition) is 1. The second kappa shape index (κ2) is 8.62. The predicted molar refractivity (Wildman–Crippen MR) is 92.6 cm³/mol. The summed E-state index contributed by atoms with van der Waals surface area (Å²) in [6.45, 7) is 11.8. The van der Waals surface area contributed by atoms with Crippen molar-refractivity contribution in [1.29, 1.82) is 0 Å². The molecule has 1 rings (SSSR count). The van der Waals surface area contributed by atoms with Gasteiger partial charge < -0.3 is 10.2 Å². The van der Waals surface area contributed by atoms with Gasteiger partial charge in [0, 0.05) is 25.1 Å². The molecule has 0 fully saturated rings. The van der Waals surface area contributed by atoms with Crippen LogP contribution in [0.1, 0.15) is 39.7 Å². The lowest BCUT2D eigenvalue weighted by Crippen LogP contribution is -2.38. The molecule has 0 heterocycles. The standard InChI is InChI=1S/C17H27N3O3/c1-6-19(14(5)12(2)3)11-10-17(21)18-15-8-7-9-16(13(15)4)20(22)23/h7-9,12,14H,6,10-11H2,1-5H3,(H,18,21). The quantitative estimate of drug-likeness (QED) is 0.586. The lowest BCUT2D eigenvalue weighted by atomic mass is 10.0. The molecule has 1 aromatic carbocycles. The van der Waals surface area contributed by atoms with Gasteiger partial charge in [-0.3, -0.25) is 14.9 Å². The summed E-state index contributed by atoms with van der Waals surface area (Å²) in [5.41, 5.74) is 1.00. The Morgan fingerprint density at radius 3 is 2.52 bits per heavy atom. The molecular weight excluding hydrogens is 294 g/mol. The van der Waals surface area contributed by atoms with E-state index in [-0.39, 0.29) is 11.6 Å². The molecule has 0 aromatic heterocycles. The van der Waals surface area contributed by atoms with E-state index in [9.17, 15) is 14.9 Å². The summed E-state index contributed by atoms with van der Waals surface area (Å²) in [5.74, 6) is 0.403. The van der Waals surface area contributed by atoms with Crippen molar-refractivity contribution in [2.24, 2.45) is 5.92 Å². The SMILES string of the molecule is CCN(CCC(=O)Nc1cccc([N+](=O)[O-])c1C)C(C)C(C)C. The lowest BCUT2D eigenvalue weighted by molar-refractivity contribution is -0.385. The number of hydrogen-bond acceptors (Lipinski definition) is 4. The smallest absolute Gasteiger partial charge is 0.274 e. The maximum atomic E-state index is 12.2. The van der Waals surface area contributed by atoms with Crippen molar-refractivity contribution in [3.63, 3.8) is 0 Å². The molecule has 0 spiro atoms. The zero-order chi connectivity index (χ0) is 17.6. The maximum Gasteiger partial charge on any atom is 0.274 e. The Bertz CT molecular complexity index is 558. The average molecular weight is 321 g/mol. The highest BCUT2D eigenvalue weighted by atomic mass is 16.6. The van der Waals surface area contributed by atoms with Gasteiger partial charge in [-0.2, -0.15) is 0 Å². The van der Waals surface area contributed by atoms with Gasteiger partial charge in [0.25, 0.3) is 5.69 Å². The zero-order valence-corrected chi connectivity index (χ0v) is 14.6. The van der Waals surface area contributed by atoms with Gasteiger partial charge in [-0.05, 0) is 32.4 Å². The second-order valence-electron chi connectivity index (χ2n) is 6.12. The van der Waals surface area contributed by atoms with Crippen LogP contribution in [-0.2, 0) is 4.79 Å². The minimum Gasteiger partial charge on any atom is -0.326 e. The number of anilines is 1. The Labute approximate surface area is 138 Å². The van der Waals surface area contributed by atoms with E-state index in [0.717, 1.165) is 6.54 Å². The summed E-state index contributed by atoms with van der Waals surface area (Å²) in [6, 6.07) is 5.12. The highest BCUT2D eigenvalue weighted by Crippen LogP contribution is 2.25. The number of nitro groups is 1. The van der Waals surface area contributed by atoms with Crippen LogP contribution in [0, 0.1) is 23.0 Å². The first-order chi connectivity index (χ1) is 10.8. The molecular formula is C17H27N3O3. The van der Waals surface area contributed by atoms with Gasteiger partial charge in [0.1, 0.15) is 0 Å². The third-order valence-corrected chi connectivity index (χ3v) is 4.35. The topological polar surface area (TPSA) is 75.5 Å². The number of carbonyl (C=O) groups is 1. The van der Waals surface area contributed by atoms with Crippen LogP contribution >= 0.6 is 0 Å². The summed E-state index contributed by atoms with van der Waals surface area (Å²) in [6.07, 6.45) is 0.368.